The molecule has 0 aromatic heterocycles. The van der Waals surface area contributed by atoms with Crippen LogP contribution in [0.4, 0.5) is 0 Å². The van der Waals surface area contributed by atoms with Gasteiger partial charge in [0.25, 0.3) is 0 Å². The lowest BCUT2D eigenvalue weighted by Crippen LogP contribution is -3.00. The molecule has 0 radical (unpaired) electrons. The SMILES string of the molecule is C[C@H](C(=O)c1ccccc1)[N+](C)(C)C.[Br-]. The Morgan fingerprint density at radius 2 is 1.60 bits per heavy atom. The molecule has 0 aliphatic rings. The first kappa shape index (κ1) is 14.3. The number of likely N-dealkylation sites (N-methyl/N-ethyl adjacent to an activating group) is 1. The van der Waals surface area contributed by atoms with Gasteiger partial charge >= 0.3 is 0 Å². The van der Waals surface area contributed by atoms with Crippen LogP contribution in [0.25, 0.3) is 0 Å². The molecule has 0 bridgehead atoms. The molecule has 0 saturated heterocycles. The third-order valence-corrected chi connectivity index (χ3v) is 2.60. The number of rotatable bonds is 3. The number of Topliss-reactive ketones (excluding diaryl/α,β-unsaturated/α-hetero) is 1. The highest BCUT2D eigenvalue weighted by Gasteiger charge is 2.26. The number of quaternary nitrogens is 1. The molecule has 0 saturated carbocycles. The lowest BCUT2D eigenvalue weighted by atomic mass is 10.0. The van der Waals surface area contributed by atoms with Crippen LogP contribution in [0, 0.1) is 0 Å². The Bertz CT molecular complexity index is 316. The smallest absolute Gasteiger partial charge is 0.219 e. The largest absolute Gasteiger partial charge is 1.00 e. The average Bonchev–Trinajstić information content (AvgIpc) is 2.15. The van der Waals surface area contributed by atoms with E-state index in [0.29, 0.717) is 4.48 Å². The van der Waals surface area contributed by atoms with Crippen LogP contribution in [0.1, 0.15) is 17.3 Å². The van der Waals surface area contributed by atoms with Crippen LogP contribution in [0.15, 0.2) is 30.3 Å². The first-order valence-corrected chi connectivity index (χ1v) is 4.83. The molecule has 0 fully saturated rings. The Hall–Kier alpha value is -0.670. The number of carbonyl (C=O) groups is 1. The monoisotopic (exact) mass is 271 g/mol. The van der Waals surface area contributed by atoms with E-state index >= 15 is 0 Å². The van der Waals surface area contributed by atoms with Crippen molar-refractivity contribution < 1.29 is 26.3 Å². The fourth-order valence-corrected chi connectivity index (χ4v) is 1.20. The van der Waals surface area contributed by atoms with Gasteiger partial charge < -0.3 is 21.5 Å². The van der Waals surface area contributed by atoms with Crippen LogP contribution >= 0.6 is 0 Å². The maximum atomic E-state index is 12.0. The first-order valence-electron chi connectivity index (χ1n) is 4.83. The van der Waals surface area contributed by atoms with Crippen LogP contribution in [-0.2, 0) is 0 Å². The Morgan fingerprint density at radius 3 is 2.00 bits per heavy atom. The molecule has 0 aliphatic heterocycles. The Kier molecular flexibility index (Phi) is 5.18. The van der Waals surface area contributed by atoms with E-state index in [1.54, 1.807) is 0 Å². The summed E-state index contributed by atoms with van der Waals surface area (Å²) in [5, 5.41) is 0. The number of hydrogen-bond acceptors (Lipinski definition) is 1. The maximum Gasteiger partial charge on any atom is 0.219 e. The van der Waals surface area contributed by atoms with Crippen molar-refractivity contribution in [2.75, 3.05) is 21.1 Å². The number of benzene rings is 1. The lowest BCUT2D eigenvalue weighted by molar-refractivity contribution is -0.883. The van der Waals surface area contributed by atoms with Gasteiger partial charge in [0.15, 0.2) is 0 Å². The van der Waals surface area contributed by atoms with E-state index in [2.05, 4.69) is 0 Å². The molecule has 3 heteroatoms. The second kappa shape index (κ2) is 5.42. The van der Waals surface area contributed by atoms with Crippen molar-refractivity contribution in [3.05, 3.63) is 35.9 Å². The Morgan fingerprint density at radius 1 is 1.13 bits per heavy atom. The number of halogens is 1. The minimum absolute atomic E-state index is 0. The summed E-state index contributed by atoms with van der Waals surface area (Å²) in [7, 11) is 6.10. The van der Waals surface area contributed by atoms with Gasteiger partial charge in [0.05, 0.1) is 21.1 Å². The molecule has 0 amide bonds. The second-order valence-corrected chi connectivity index (χ2v) is 4.52. The van der Waals surface area contributed by atoms with Crippen LogP contribution < -0.4 is 17.0 Å². The van der Waals surface area contributed by atoms with E-state index in [1.165, 1.54) is 0 Å². The average molecular weight is 272 g/mol. The Labute approximate surface area is 102 Å². The summed E-state index contributed by atoms with van der Waals surface area (Å²) in [6.45, 7) is 1.97. The van der Waals surface area contributed by atoms with Gasteiger partial charge in [0, 0.05) is 5.56 Å². The van der Waals surface area contributed by atoms with E-state index < -0.39 is 0 Å². The summed E-state index contributed by atoms with van der Waals surface area (Å²) in [5.74, 6) is 0.207. The summed E-state index contributed by atoms with van der Waals surface area (Å²) in [6, 6.07) is 9.46. The highest BCUT2D eigenvalue weighted by molar-refractivity contribution is 5.99. The van der Waals surface area contributed by atoms with E-state index in [-0.39, 0.29) is 28.8 Å². The van der Waals surface area contributed by atoms with Crippen molar-refractivity contribution in [3.63, 3.8) is 0 Å². The molecule has 15 heavy (non-hydrogen) atoms. The van der Waals surface area contributed by atoms with E-state index in [4.69, 9.17) is 0 Å². The van der Waals surface area contributed by atoms with Gasteiger partial charge in [-0.05, 0) is 6.92 Å². The number of hydrogen-bond donors (Lipinski definition) is 0. The van der Waals surface area contributed by atoms with Crippen molar-refractivity contribution in [3.8, 4) is 0 Å². The van der Waals surface area contributed by atoms with E-state index in [1.807, 2.05) is 58.4 Å². The lowest BCUT2D eigenvalue weighted by Gasteiger charge is -2.30. The van der Waals surface area contributed by atoms with Gasteiger partial charge in [-0.1, -0.05) is 30.3 Å². The van der Waals surface area contributed by atoms with Crippen molar-refractivity contribution in [2.45, 2.75) is 13.0 Å². The zero-order valence-electron chi connectivity index (χ0n) is 9.70. The number of nitrogens with zero attached hydrogens (tertiary/aromatic N) is 1. The summed E-state index contributed by atoms with van der Waals surface area (Å²) in [5.41, 5.74) is 0.799. The second-order valence-electron chi connectivity index (χ2n) is 4.52. The zero-order chi connectivity index (χ0) is 10.8. The summed E-state index contributed by atoms with van der Waals surface area (Å²) in [4.78, 5) is 12.0. The molecule has 84 valence electrons. The van der Waals surface area contributed by atoms with Crippen molar-refractivity contribution in [1.29, 1.82) is 0 Å². The van der Waals surface area contributed by atoms with Gasteiger partial charge in [0.2, 0.25) is 5.78 Å². The van der Waals surface area contributed by atoms with Crippen LogP contribution in [0.3, 0.4) is 0 Å². The summed E-state index contributed by atoms with van der Waals surface area (Å²) < 4.78 is 0.660. The molecule has 1 aromatic carbocycles. The highest BCUT2D eigenvalue weighted by Crippen LogP contribution is 2.10. The highest BCUT2D eigenvalue weighted by atomic mass is 79.9. The number of carbonyl (C=O) groups excluding carboxylic acids is 1. The normalized spacial score (nSPS) is 12.8. The predicted molar refractivity (Wildman–Crippen MR) is 58.3 cm³/mol. The topological polar surface area (TPSA) is 17.1 Å². The molecule has 0 heterocycles. The molecule has 1 rings (SSSR count). The van der Waals surface area contributed by atoms with Crippen molar-refractivity contribution in [1.82, 2.24) is 0 Å². The third-order valence-electron chi connectivity index (χ3n) is 2.60. The standard InChI is InChI=1S/C12H18NO.BrH/c1-10(13(2,3)4)12(14)11-8-6-5-7-9-11;/h5-10H,1-4H3;1H/q+1;/p-1/t10-;/m1./s1. The summed E-state index contributed by atoms with van der Waals surface area (Å²) >= 11 is 0. The van der Waals surface area contributed by atoms with Gasteiger partial charge in [-0.3, -0.25) is 4.79 Å². The molecule has 0 aliphatic carbocycles. The summed E-state index contributed by atoms with van der Waals surface area (Å²) in [6.07, 6.45) is 0. The van der Waals surface area contributed by atoms with Crippen molar-refractivity contribution in [2.24, 2.45) is 0 Å². The fourth-order valence-electron chi connectivity index (χ4n) is 1.20. The molecular weight excluding hydrogens is 254 g/mol. The zero-order valence-corrected chi connectivity index (χ0v) is 11.3. The molecular formula is C12H18BrNO. The van der Waals surface area contributed by atoms with E-state index in [0.717, 1.165) is 5.56 Å². The van der Waals surface area contributed by atoms with Gasteiger partial charge in [-0.2, -0.15) is 0 Å². The van der Waals surface area contributed by atoms with Crippen LogP contribution in [0.5, 0.6) is 0 Å². The Balaban J connectivity index is 0.00000196. The fraction of sp³-hybridized carbons (Fsp3) is 0.417. The maximum absolute atomic E-state index is 12.0. The van der Waals surface area contributed by atoms with Crippen molar-refractivity contribution >= 4 is 5.78 Å². The molecule has 0 unspecified atom stereocenters. The predicted octanol–water partition coefficient (Wildman–Crippen LogP) is -1.03. The molecule has 0 N–H and O–H groups in total. The molecule has 1 atom stereocenters. The van der Waals surface area contributed by atoms with Gasteiger partial charge in [0.1, 0.15) is 6.04 Å². The first-order chi connectivity index (χ1) is 6.43. The minimum atomic E-state index is -0.00241. The van der Waals surface area contributed by atoms with E-state index in [9.17, 15) is 4.79 Å². The third kappa shape index (κ3) is 3.76. The molecule has 1 aromatic rings. The minimum Gasteiger partial charge on any atom is -1.00 e. The quantitative estimate of drug-likeness (QED) is 0.508. The number of ketones is 1. The van der Waals surface area contributed by atoms with Crippen LogP contribution in [0.2, 0.25) is 0 Å². The molecule has 0 spiro atoms. The van der Waals surface area contributed by atoms with Gasteiger partial charge in [-0.15, -0.1) is 0 Å². The van der Waals surface area contributed by atoms with Gasteiger partial charge in [-0.25, -0.2) is 0 Å². The van der Waals surface area contributed by atoms with Crippen LogP contribution in [-0.4, -0.2) is 37.5 Å². The molecule has 2 nitrogen and oxygen atoms in total.